The molecule has 7 rings (SSSR count). The van der Waals surface area contributed by atoms with Crippen molar-refractivity contribution in [3.05, 3.63) is 82.4 Å². The van der Waals surface area contributed by atoms with E-state index in [4.69, 9.17) is 9.98 Å². The minimum absolute atomic E-state index is 0.509. The second kappa shape index (κ2) is 10.0. The Labute approximate surface area is 232 Å². The minimum Gasteiger partial charge on any atom is -0.366 e. The van der Waals surface area contributed by atoms with Gasteiger partial charge in [-0.2, -0.15) is 0 Å². The quantitative estimate of drug-likeness (QED) is 0.267. The molecular weight excluding hydrogens is 502 g/mol. The molecule has 0 radical (unpaired) electrons. The number of pyridine rings is 2. The van der Waals surface area contributed by atoms with E-state index in [0.717, 1.165) is 46.0 Å². The summed E-state index contributed by atoms with van der Waals surface area (Å²) in [5.74, 6) is 0.743. The van der Waals surface area contributed by atoms with Gasteiger partial charge in [-0.15, -0.1) is 11.3 Å². The summed E-state index contributed by atoms with van der Waals surface area (Å²) in [5.41, 5.74) is 10.5. The van der Waals surface area contributed by atoms with Gasteiger partial charge in [0.25, 0.3) is 0 Å². The van der Waals surface area contributed by atoms with Gasteiger partial charge in [-0.3, -0.25) is 14.9 Å². The summed E-state index contributed by atoms with van der Waals surface area (Å²) in [6, 6.07) is 13.1. The van der Waals surface area contributed by atoms with Crippen molar-refractivity contribution in [1.29, 1.82) is 0 Å². The highest BCUT2D eigenvalue weighted by atomic mass is 32.1. The Kier molecular flexibility index (Phi) is 6.21. The van der Waals surface area contributed by atoms with Gasteiger partial charge in [-0.1, -0.05) is 6.42 Å². The molecule has 2 aliphatic rings. The molecule has 6 heterocycles. The van der Waals surface area contributed by atoms with Crippen LogP contribution < -0.4 is 5.32 Å². The number of hydrogen-bond acceptors (Lipinski definition) is 7. The molecule has 0 amide bonds. The van der Waals surface area contributed by atoms with Crippen molar-refractivity contribution in [3.8, 4) is 21.6 Å². The second-order valence-electron chi connectivity index (χ2n) is 10.5. The van der Waals surface area contributed by atoms with Crippen molar-refractivity contribution in [2.75, 3.05) is 25.1 Å². The van der Waals surface area contributed by atoms with Crippen LogP contribution in [0.25, 0.3) is 32.7 Å². The number of likely N-dealkylation sites (tertiary alicyclic amines) is 1. The molecule has 2 N–H and O–H groups in total. The monoisotopic (exact) mass is 533 g/mol. The zero-order chi connectivity index (χ0) is 26.3. The molecule has 39 heavy (non-hydrogen) atoms. The topological polar surface area (TPSA) is 82.1 Å². The molecule has 0 saturated carbocycles. The number of nitrogens with zero attached hydrogens (tertiary/aromatic N) is 5. The lowest BCUT2D eigenvalue weighted by atomic mass is 9.94. The van der Waals surface area contributed by atoms with Crippen molar-refractivity contribution in [2.24, 2.45) is 4.99 Å². The second-order valence-corrected chi connectivity index (χ2v) is 11.8. The maximum absolute atomic E-state index is 4.89. The van der Waals surface area contributed by atoms with E-state index in [2.05, 4.69) is 75.4 Å². The zero-order valence-corrected chi connectivity index (χ0v) is 23.1. The van der Waals surface area contributed by atoms with Crippen LogP contribution in [0.2, 0.25) is 0 Å². The maximum Gasteiger partial charge on any atom is 0.178 e. The van der Waals surface area contributed by atoms with Gasteiger partial charge in [0.05, 0.1) is 5.52 Å². The van der Waals surface area contributed by atoms with Crippen molar-refractivity contribution in [2.45, 2.75) is 39.7 Å². The number of rotatable bonds is 5. The SMILES string of the molecule is Cc1ccc(-c2ccnc3nc(C4=NCNc5cc(C)c(-c6cncc(CN7CCCCC7)c6)cc54)[nH]c23)s1. The van der Waals surface area contributed by atoms with E-state index < -0.39 is 0 Å². The zero-order valence-electron chi connectivity index (χ0n) is 22.3. The number of benzene rings is 1. The number of thiophene rings is 1. The van der Waals surface area contributed by atoms with E-state index in [1.165, 1.54) is 58.8 Å². The van der Waals surface area contributed by atoms with Gasteiger partial charge in [0.2, 0.25) is 0 Å². The van der Waals surface area contributed by atoms with Crippen molar-refractivity contribution in [3.63, 3.8) is 0 Å². The highest BCUT2D eigenvalue weighted by molar-refractivity contribution is 7.15. The number of piperidine rings is 1. The van der Waals surface area contributed by atoms with Crippen LogP contribution in [0.1, 0.15) is 46.7 Å². The predicted molar refractivity (Wildman–Crippen MR) is 160 cm³/mol. The maximum atomic E-state index is 4.89. The van der Waals surface area contributed by atoms with Gasteiger partial charge >= 0.3 is 0 Å². The third-order valence-electron chi connectivity index (χ3n) is 7.71. The number of aromatic amines is 1. The first-order chi connectivity index (χ1) is 19.1. The molecule has 1 aromatic carbocycles. The lowest BCUT2D eigenvalue weighted by Crippen LogP contribution is -2.29. The number of anilines is 1. The Hall–Kier alpha value is -3.88. The summed E-state index contributed by atoms with van der Waals surface area (Å²) in [6.45, 7) is 8.11. The van der Waals surface area contributed by atoms with Crippen LogP contribution in [0, 0.1) is 13.8 Å². The largest absolute Gasteiger partial charge is 0.366 e. The molecule has 0 aliphatic carbocycles. The fraction of sp³-hybridized carbons (Fsp3) is 0.290. The molecule has 5 aromatic rings. The van der Waals surface area contributed by atoms with Crippen LogP contribution in [0.15, 0.2) is 60.0 Å². The van der Waals surface area contributed by atoms with Crippen LogP contribution in [-0.2, 0) is 6.54 Å². The molecule has 8 heteroatoms. The van der Waals surface area contributed by atoms with Crippen LogP contribution in [0.5, 0.6) is 0 Å². The molecule has 7 nitrogen and oxygen atoms in total. The molecule has 4 aromatic heterocycles. The third kappa shape index (κ3) is 4.64. The average molecular weight is 534 g/mol. The number of imidazole rings is 1. The number of aromatic nitrogens is 4. The smallest absolute Gasteiger partial charge is 0.178 e. The van der Waals surface area contributed by atoms with Crippen LogP contribution >= 0.6 is 11.3 Å². The number of H-pyrrole nitrogens is 1. The summed E-state index contributed by atoms with van der Waals surface area (Å²) < 4.78 is 0. The Morgan fingerprint density at radius 3 is 2.69 bits per heavy atom. The molecule has 0 bridgehead atoms. The van der Waals surface area contributed by atoms with Gasteiger partial charge in [0.15, 0.2) is 11.5 Å². The number of fused-ring (bicyclic) bond motifs is 2. The highest BCUT2D eigenvalue weighted by Gasteiger charge is 2.22. The van der Waals surface area contributed by atoms with Crippen molar-refractivity contribution < 1.29 is 0 Å². The van der Waals surface area contributed by atoms with Crippen LogP contribution in [-0.4, -0.2) is 50.3 Å². The molecule has 0 spiro atoms. The van der Waals surface area contributed by atoms with E-state index in [9.17, 15) is 0 Å². The van der Waals surface area contributed by atoms with Gasteiger partial charge in [-0.25, -0.2) is 9.97 Å². The van der Waals surface area contributed by atoms with E-state index in [-0.39, 0.29) is 0 Å². The van der Waals surface area contributed by atoms with E-state index in [0.29, 0.717) is 12.3 Å². The lowest BCUT2D eigenvalue weighted by molar-refractivity contribution is 0.220. The fourth-order valence-corrected chi connectivity index (χ4v) is 6.66. The van der Waals surface area contributed by atoms with Crippen molar-refractivity contribution >= 4 is 33.9 Å². The van der Waals surface area contributed by atoms with E-state index >= 15 is 0 Å². The minimum atomic E-state index is 0.509. The standard InChI is InChI=1S/C31H31N7S/c1-19-12-26-25(14-24(19)22-13-21(15-32-16-22)17-38-10-4-3-5-11-38)28(35-18-34-26)31-36-29-23(8-9-33-30(29)37-31)27-7-6-20(2)39-27/h6-9,12-16,34H,3-5,10-11,17-18H2,1-2H3,(H,33,36,37). The molecule has 196 valence electrons. The number of nitrogens with one attached hydrogen (secondary N) is 2. The first kappa shape index (κ1) is 24.2. The lowest BCUT2D eigenvalue weighted by Gasteiger charge is -2.26. The summed E-state index contributed by atoms with van der Waals surface area (Å²) in [5, 5.41) is 3.46. The van der Waals surface area contributed by atoms with Gasteiger partial charge in [0, 0.05) is 57.3 Å². The summed E-state index contributed by atoms with van der Waals surface area (Å²) in [4.78, 5) is 27.5. The average Bonchev–Trinajstić information content (AvgIpc) is 3.59. The first-order valence-corrected chi connectivity index (χ1v) is 14.5. The number of aryl methyl sites for hydroxylation is 2. The first-order valence-electron chi connectivity index (χ1n) is 13.6. The Bertz CT molecular complexity index is 1710. The third-order valence-corrected chi connectivity index (χ3v) is 8.74. The van der Waals surface area contributed by atoms with Crippen LogP contribution in [0.4, 0.5) is 5.69 Å². The Morgan fingerprint density at radius 2 is 1.85 bits per heavy atom. The molecule has 2 aliphatic heterocycles. The molecule has 0 atom stereocenters. The number of aliphatic imine (C=N–C) groups is 1. The van der Waals surface area contributed by atoms with Crippen LogP contribution in [0.3, 0.4) is 0 Å². The summed E-state index contributed by atoms with van der Waals surface area (Å²) >= 11 is 1.78. The molecule has 0 unspecified atom stereocenters. The fourth-order valence-electron chi connectivity index (χ4n) is 5.76. The number of hydrogen-bond donors (Lipinski definition) is 2. The normalized spacial score (nSPS) is 15.7. The summed E-state index contributed by atoms with van der Waals surface area (Å²) in [7, 11) is 0. The molecule has 1 fully saturated rings. The highest BCUT2D eigenvalue weighted by Crippen LogP contribution is 2.35. The van der Waals surface area contributed by atoms with E-state index in [1.807, 2.05) is 18.6 Å². The van der Waals surface area contributed by atoms with Gasteiger partial charge in [0.1, 0.15) is 12.4 Å². The Balaban J connectivity index is 1.26. The van der Waals surface area contributed by atoms with Gasteiger partial charge in [-0.05, 0) is 92.9 Å². The molecular formula is C31H31N7S. The molecule has 1 saturated heterocycles. The van der Waals surface area contributed by atoms with E-state index in [1.54, 1.807) is 11.3 Å². The predicted octanol–water partition coefficient (Wildman–Crippen LogP) is 6.57. The van der Waals surface area contributed by atoms with Gasteiger partial charge < -0.3 is 10.3 Å². The summed E-state index contributed by atoms with van der Waals surface area (Å²) in [6.07, 6.45) is 9.74. The Morgan fingerprint density at radius 1 is 0.949 bits per heavy atom. The van der Waals surface area contributed by atoms with Crippen molar-refractivity contribution in [1.82, 2.24) is 24.8 Å².